The van der Waals surface area contributed by atoms with Crippen LogP contribution in [0.4, 0.5) is 5.69 Å². The summed E-state index contributed by atoms with van der Waals surface area (Å²) in [5.41, 5.74) is 4.11. The highest BCUT2D eigenvalue weighted by Crippen LogP contribution is 2.22. The highest BCUT2D eigenvalue weighted by molar-refractivity contribution is 5.57. The lowest BCUT2D eigenvalue weighted by Crippen LogP contribution is -2.15. The quantitative estimate of drug-likeness (QED) is 0.764. The zero-order valence-electron chi connectivity index (χ0n) is 9.72. The highest BCUT2D eigenvalue weighted by Gasteiger charge is 2.05. The van der Waals surface area contributed by atoms with Crippen molar-refractivity contribution in [1.82, 2.24) is 0 Å². The zero-order valence-corrected chi connectivity index (χ0v) is 9.72. The molecule has 1 heteroatoms. The minimum absolute atomic E-state index is 0.557. The van der Waals surface area contributed by atoms with Gasteiger partial charge in [0.15, 0.2) is 0 Å². The Hall–Kier alpha value is -0.980. The molecule has 1 rings (SSSR count). The molecule has 0 aliphatic heterocycles. The molecule has 0 heterocycles. The second-order valence-electron chi connectivity index (χ2n) is 3.92. The lowest BCUT2D eigenvalue weighted by Gasteiger charge is -2.18. The second-order valence-corrected chi connectivity index (χ2v) is 3.92. The molecule has 1 N–H and O–H groups in total. The summed E-state index contributed by atoms with van der Waals surface area (Å²) in [7, 11) is 0. The standard InChI is InChI=1S/C13H21N/c1-5-11(4)14-13-10(3)8-7-9-12(13)6-2/h7-9,11,14H,5-6H2,1-4H3. The summed E-state index contributed by atoms with van der Waals surface area (Å²) in [6, 6.07) is 7.07. The van der Waals surface area contributed by atoms with Crippen molar-refractivity contribution in [3.63, 3.8) is 0 Å². The molecule has 0 aromatic heterocycles. The fourth-order valence-electron chi connectivity index (χ4n) is 1.58. The molecule has 0 aliphatic carbocycles. The fraction of sp³-hybridized carbons (Fsp3) is 0.538. The molecule has 14 heavy (non-hydrogen) atoms. The van der Waals surface area contributed by atoms with Gasteiger partial charge in [-0.1, -0.05) is 32.0 Å². The number of para-hydroxylation sites is 1. The number of nitrogens with one attached hydrogen (secondary N) is 1. The molecule has 0 spiro atoms. The lowest BCUT2D eigenvalue weighted by molar-refractivity contribution is 0.761. The molecule has 1 atom stereocenters. The summed E-state index contributed by atoms with van der Waals surface area (Å²) in [4.78, 5) is 0. The first-order valence-electron chi connectivity index (χ1n) is 5.54. The molecular weight excluding hydrogens is 170 g/mol. The van der Waals surface area contributed by atoms with Gasteiger partial charge in [0.05, 0.1) is 0 Å². The van der Waals surface area contributed by atoms with E-state index >= 15 is 0 Å². The van der Waals surface area contributed by atoms with E-state index in [4.69, 9.17) is 0 Å². The van der Waals surface area contributed by atoms with E-state index < -0.39 is 0 Å². The monoisotopic (exact) mass is 191 g/mol. The molecule has 0 aliphatic rings. The van der Waals surface area contributed by atoms with Crippen molar-refractivity contribution >= 4 is 5.69 Å². The normalized spacial score (nSPS) is 12.6. The van der Waals surface area contributed by atoms with Gasteiger partial charge in [-0.25, -0.2) is 0 Å². The first-order chi connectivity index (χ1) is 6.69. The van der Waals surface area contributed by atoms with Crippen LogP contribution in [0.2, 0.25) is 0 Å². The summed E-state index contributed by atoms with van der Waals surface area (Å²) in [6.07, 6.45) is 2.26. The lowest BCUT2D eigenvalue weighted by atomic mass is 10.0. The summed E-state index contributed by atoms with van der Waals surface area (Å²) >= 11 is 0. The van der Waals surface area contributed by atoms with Gasteiger partial charge in [-0.2, -0.15) is 0 Å². The number of hydrogen-bond acceptors (Lipinski definition) is 1. The van der Waals surface area contributed by atoms with Crippen LogP contribution in [-0.4, -0.2) is 6.04 Å². The van der Waals surface area contributed by atoms with Crippen LogP contribution in [0, 0.1) is 6.92 Å². The van der Waals surface area contributed by atoms with Crippen LogP contribution in [0.15, 0.2) is 18.2 Å². The Kier molecular flexibility index (Phi) is 3.99. The average molecular weight is 191 g/mol. The van der Waals surface area contributed by atoms with Gasteiger partial charge in [-0.15, -0.1) is 0 Å². The van der Waals surface area contributed by atoms with Crippen LogP contribution in [-0.2, 0) is 6.42 Å². The van der Waals surface area contributed by atoms with Crippen molar-refractivity contribution in [2.45, 2.75) is 46.6 Å². The summed E-state index contributed by atoms with van der Waals surface area (Å²) in [5.74, 6) is 0. The van der Waals surface area contributed by atoms with Gasteiger partial charge in [0.1, 0.15) is 0 Å². The molecule has 0 bridgehead atoms. The smallest absolute Gasteiger partial charge is 0.0404 e. The van der Waals surface area contributed by atoms with E-state index in [-0.39, 0.29) is 0 Å². The van der Waals surface area contributed by atoms with Gasteiger partial charge >= 0.3 is 0 Å². The zero-order chi connectivity index (χ0) is 10.6. The van der Waals surface area contributed by atoms with Crippen LogP contribution < -0.4 is 5.32 Å². The van der Waals surface area contributed by atoms with Crippen LogP contribution in [0.1, 0.15) is 38.3 Å². The van der Waals surface area contributed by atoms with Crippen LogP contribution in [0.5, 0.6) is 0 Å². The number of hydrogen-bond donors (Lipinski definition) is 1. The van der Waals surface area contributed by atoms with E-state index in [9.17, 15) is 0 Å². The Balaban J connectivity index is 2.92. The third-order valence-corrected chi connectivity index (χ3v) is 2.74. The van der Waals surface area contributed by atoms with Crippen LogP contribution in [0.25, 0.3) is 0 Å². The van der Waals surface area contributed by atoms with E-state index in [1.165, 1.54) is 16.8 Å². The Morgan fingerprint density at radius 3 is 2.57 bits per heavy atom. The van der Waals surface area contributed by atoms with E-state index in [1.807, 2.05) is 0 Å². The first kappa shape index (κ1) is 11.1. The summed E-state index contributed by atoms with van der Waals surface area (Å²) in [6.45, 7) is 8.81. The predicted octanol–water partition coefficient (Wildman–Crippen LogP) is 3.77. The van der Waals surface area contributed by atoms with Crippen molar-refractivity contribution in [2.24, 2.45) is 0 Å². The average Bonchev–Trinajstić information content (AvgIpc) is 2.20. The third-order valence-electron chi connectivity index (χ3n) is 2.74. The maximum Gasteiger partial charge on any atom is 0.0404 e. The van der Waals surface area contributed by atoms with E-state index in [0.717, 1.165) is 12.8 Å². The maximum absolute atomic E-state index is 3.58. The van der Waals surface area contributed by atoms with Crippen molar-refractivity contribution in [1.29, 1.82) is 0 Å². The molecule has 78 valence electrons. The molecule has 0 fully saturated rings. The van der Waals surface area contributed by atoms with Crippen molar-refractivity contribution in [3.8, 4) is 0 Å². The summed E-state index contributed by atoms with van der Waals surface area (Å²) in [5, 5.41) is 3.58. The topological polar surface area (TPSA) is 12.0 Å². The van der Waals surface area contributed by atoms with E-state index in [1.54, 1.807) is 0 Å². The molecule has 0 saturated heterocycles. The highest BCUT2D eigenvalue weighted by atomic mass is 14.9. The molecule has 1 aromatic carbocycles. The van der Waals surface area contributed by atoms with Crippen molar-refractivity contribution in [3.05, 3.63) is 29.3 Å². The fourth-order valence-corrected chi connectivity index (χ4v) is 1.58. The number of benzene rings is 1. The summed E-state index contributed by atoms with van der Waals surface area (Å²) < 4.78 is 0. The van der Waals surface area contributed by atoms with Gasteiger partial charge in [0.25, 0.3) is 0 Å². The van der Waals surface area contributed by atoms with Gasteiger partial charge in [0, 0.05) is 11.7 Å². The number of aryl methyl sites for hydroxylation is 2. The molecule has 0 saturated carbocycles. The minimum atomic E-state index is 0.557. The van der Waals surface area contributed by atoms with Gasteiger partial charge in [-0.3, -0.25) is 0 Å². The van der Waals surface area contributed by atoms with E-state index in [2.05, 4.69) is 51.2 Å². The molecule has 1 nitrogen and oxygen atoms in total. The predicted molar refractivity (Wildman–Crippen MR) is 63.9 cm³/mol. The van der Waals surface area contributed by atoms with Crippen LogP contribution in [0.3, 0.4) is 0 Å². The number of rotatable bonds is 4. The molecule has 1 aromatic rings. The first-order valence-corrected chi connectivity index (χ1v) is 5.54. The van der Waals surface area contributed by atoms with Crippen molar-refractivity contribution < 1.29 is 0 Å². The van der Waals surface area contributed by atoms with Gasteiger partial charge < -0.3 is 5.32 Å². The molecule has 0 radical (unpaired) electrons. The Morgan fingerprint density at radius 2 is 2.00 bits per heavy atom. The maximum atomic E-state index is 3.58. The van der Waals surface area contributed by atoms with E-state index in [0.29, 0.717) is 6.04 Å². The molecular formula is C13H21N. The number of anilines is 1. The second kappa shape index (κ2) is 5.04. The van der Waals surface area contributed by atoms with Gasteiger partial charge in [-0.05, 0) is 37.8 Å². The van der Waals surface area contributed by atoms with Crippen molar-refractivity contribution in [2.75, 3.05) is 5.32 Å². The SMILES string of the molecule is CCc1cccc(C)c1NC(C)CC. The Morgan fingerprint density at radius 1 is 1.29 bits per heavy atom. The Bertz CT molecular complexity index is 291. The Labute approximate surface area is 87.5 Å². The third kappa shape index (κ3) is 2.50. The molecule has 0 amide bonds. The van der Waals surface area contributed by atoms with Gasteiger partial charge in [0.2, 0.25) is 0 Å². The van der Waals surface area contributed by atoms with Crippen LogP contribution >= 0.6 is 0 Å². The largest absolute Gasteiger partial charge is 0.382 e. The molecule has 1 unspecified atom stereocenters. The minimum Gasteiger partial charge on any atom is -0.382 e.